The van der Waals surface area contributed by atoms with Gasteiger partial charge in [-0.1, -0.05) is 6.92 Å². The number of rotatable bonds is 5. The number of hydrogen-bond donors (Lipinski definition) is 2. The van der Waals surface area contributed by atoms with E-state index in [9.17, 15) is 14.7 Å². The first kappa shape index (κ1) is 15.0. The van der Waals surface area contributed by atoms with Gasteiger partial charge in [-0.15, -0.1) is 11.3 Å². The standard InChI is InChI=1S/C14H19NO4S/c1-2-10-3-8-20-11(10)12(16)15-9-14(13(17)18)4-6-19-7-5-14/h3,8H,2,4-7,9H2,1H3,(H,15,16)(H,17,18). The van der Waals surface area contributed by atoms with Crippen molar-refractivity contribution in [3.05, 3.63) is 21.9 Å². The molecular weight excluding hydrogens is 278 g/mol. The summed E-state index contributed by atoms with van der Waals surface area (Å²) in [7, 11) is 0. The topological polar surface area (TPSA) is 75.6 Å². The van der Waals surface area contributed by atoms with Gasteiger partial charge in [0.15, 0.2) is 0 Å². The van der Waals surface area contributed by atoms with Crippen LogP contribution in [0, 0.1) is 5.41 Å². The van der Waals surface area contributed by atoms with Crippen LogP contribution in [0.2, 0.25) is 0 Å². The number of carboxylic acids is 1. The number of aliphatic carboxylic acids is 1. The Balaban J connectivity index is 2.03. The summed E-state index contributed by atoms with van der Waals surface area (Å²) in [5.41, 5.74) is 0.112. The van der Waals surface area contributed by atoms with Crippen LogP contribution in [-0.4, -0.2) is 36.7 Å². The fraction of sp³-hybridized carbons (Fsp3) is 0.571. The Bertz CT molecular complexity index is 491. The predicted octanol–water partition coefficient (Wildman–Crippen LogP) is 1.92. The number of hydrogen-bond acceptors (Lipinski definition) is 4. The molecule has 0 bridgehead atoms. The number of nitrogens with one attached hydrogen (secondary N) is 1. The predicted molar refractivity (Wildman–Crippen MR) is 76.2 cm³/mol. The van der Waals surface area contributed by atoms with Crippen LogP contribution in [0.25, 0.3) is 0 Å². The molecule has 2 heterocycles. The zero-order valence-electron chi connectivity index (χ0n) is 11.5. The van der Waals surface area contributed by atoms with Gasteiger partial charge < -0.3 is 15.2 Å². The minimum Gasteiger partial charge on any atom is -0.481 e. The maximum absolute atomic E-state index is 12.2. The smallest absolute Gasteiger partial charge is 0.311 e. The van der Waals surface area contributed by atoms with Crippen molar-refractivity contribution < 1.29 is 19.4 Å². The highest BCUT2D eigenvalue weighted by molar-refractivity contribution is 7.12. The number of carbonyl (C=O) groups is 2. The molecule has 1 aromatic rings. The van der Waals surface area contributed by atoms with Gasteiger partial charge in [-0.25, -0.2) is 0 Å². The highest BCUT2D eigenvalue weighted by atomic mass is 32.1. The van der Waals surface area contributed by atoms with E-state index in [1.807, 2.05) is 18.4 Å². The Morgan fingerprint density at radius 3 is 2.75 bits per heavy atom. The molecule has 2 rings (SSSR count). The van der Waals surface area contributed by atoms with E-state index in [0.29, 0.717) is 30.9 Å². The summed E-state index contributed by atoms with van der Waals surface area (Å²) in [5.74, 6) is -1.04. The van der Waals surface area contributed by atoms with Crippen molar-refractivity contribution in [3.63, 3.8) is 0 Å². The second-order valence-electron chi connectivity index (χ2n) is 5.01. The number of amides is 1. The van der Waals surface area contributed by atoms with Crippen molar-refractivity contribution in [1.29, 1.82) is 0 Å². The van der Waals surface area contributed by atoms with Crippen molar-refractivity contribution in [3.8, 4) is 0 Å². The molecule has 0 unspecified atom stereocenters. The Hall–Kier alpha value is -1.40. The van der Waals surface area contributed by atoms with Crippen LogP contribution in [0.15, 0.2) is 11.4 Å². The van der Waals surface area contributed by atoms with Crippen LogP contribution < -0.4 is 5.32 Å². The summed E-state index contributed by atoms with van der Waals surface area (Å²) in [6.45, 7) is 3.02. The van der Waals surface area contributed by atoms with Gasteiger partial charge in [-0.2, -0.15) is 0 Å². The van der Waals surface area contributed by atoms with E-state index in [-0.39, 0.29) is 12.5 Å². The van der Waals surface area contributed by atoms with Crippen LogP contribution in [0.1, 0.15) is 35.0 Å². The second kappa shape index (κ2) is 6.37. The van der Waals surface area contributed by atoms with Crippen LogP contribution in [0.3, 0.4) is 0 Å². The number of ether oxygens (including phenoxy) is 1. The maximum Gasteiger partial charge on any atom is 0.311 e. The van der Waals surface area contributed by atoms with Crippen molar-refractivity contribution in [2.45, 2.75) is 26.2 Å². The van der Waals surface area contributed by atoms with E-state index in [1.165, 1.54) is 11.3 Å². The molecule has 1 amide bonds. The molecule has 1 aromatic heterocycles. The van der Waals surface area contributed by atoms with Crippen molar-refractivity contribution >= 4 is 23.2 Å². The maximum atomic E-state index is 12.2. The van der Waals surface area contributed by atoms with Gasteiger partial charge in [0.2, 0.25) is 0 Å². The average Bonchev–Trinajstić information content (AvgIpc) is 2.94. The molecule has 0 aliphatic carbocycles. The summed E-state index contributed by atoms with van der Waals surface area (Å²) < 4.78 is 5.22. The molecule has 1 saturated heterocycles. The lowest BCUT2D eigenvalue weighted by Gasteiger charge is -2.33. The molecule has 1 fully saturated rings. The monoisotopic (exact) mass is 297 g/mol. The number of carboxylic acid groups (broad SMARTS) is 1. The first-order valence-electron chi connectivity index (χ1n) is 6.75. The Morgan fingerprint density at radius 1 is 1.45 bits per heavy atom. The zero-order valence-corrected chi connectivity index (χ0v) is 12.3. The number of aryl methyl sites for hydroxylation is 1. The highest BCUT2D eigenvalue weighted by Gasteiger charge is 2.40. The summed E-state index contributed by atoms with van der Waals surface area (Å²) >= 11 is 1.39. The molecule has 0 aromatic carbocycles. The third-order valence-corrected chi connectivity index (χ3v) is 4.78. The Labute approximate surface area is 121 Å². The van der Waals surface area contributed by atoms with Gasteiger partial charge in [0, 0.05) is 19.8 Å². The van der Waals surface area contributed by atoms with Crippen LogP contribution in [-0.2, 0) is 16.0 Å². The molecule has 5 nitrogen and oxygen atoms in total. The molecule has 20 heavy (non-hydrogen) atoms. The van der Waals surface area contributed by atoms with E-state index in [2.05, 4.69) is 5.32 Å². The average molecular weight is 297 g/mol. The largest absolute Gasteiger partial charge is 0.481 e. The summed E-state index contributed by atoms with van der Waals surface area (Å²) in [6.07, 6.45) is 1.67. The molecule has 1 aliphatic rings. The Morgan fingerprint density at radius 2 is 2.15 bits per heavy atom. The van der Waals surface area contributed by atoms with E-state index >= 15 is 0 Å². The third-order valence-electron chi connectivity index (χ3n) is 3.82. The lowest BCUT2D eigenvalue weighted by Crippen LogP contribution is -2.46. The second-order valence-corrected chi connectivity index (χ2v) is 5.93. The molecule has 0 atom stereocenters. The quantitative estimate of drug-likeness (QED) is 0.870. The minimum absolute atomic E-state index is 0.158. The van der Waals surface area contributed by atoms with Crippen LogP contribution in [0.5, 0.6) is 0 Å². The van der Waals surface area contributed by atoms with E-state index in [0.717, 1.165) is 12.0 Å². The number of carbonyl (C=O) groups excluding carboxylic acids is 1. The van der Waals surface area contributed by atoms with Gasteiger partial charge in [0.05, 0.1) is 10.3 Å². The van der Waals surface area contributed by atoms with Crippen molar-refractivity contribution in [2.24, 2.45) is 5.41 Å². The zero-order chi connectivity index (χ0) is 14.6. The molecule has 6 heteroatoms. The summed E-state index contributed by atoms with van der Waals surface area (Å²) in [5, 5.41) is 14.1. The normalized spacial score (nSPS) is 17.6. The molecule has 1 aliphatic heterocycles. The first-order valence-corrected chi connectivity index (χ1v) is 7.63. The lowest BCUT2D eigenvalue weighted by molar-refractivity contribution is -0.154. The lowest BCUT2D eigenvalue weighted by atomic mass is 9.80. The summed E-state index contributed by atoms with van der Waals surface area (Å²) in [4.78, 5) is 24.3. The molecular formula is C14H19NO4S. The first-order chi connectivity index (χ1) is 9.59. The fourth-order valence-electron chi connectivity index (χ4n) is 2.37. The fourth-order valence-corrected chi connectivity index (χ4v) is 3.28. The van der Waals surface area contributed by atoms with Gasteiger partial charge in [-0.05, 0) is 36.3 Å². The highest BCUT2D eigenvalue weighted by Crippen LogP contribution is 2.30. The SMILES string of the molecule is CCc1ccsc1C(=O)NCC1(C(=O)O)CCOCC1. The van der Waals surface area contributed by atoms with Crippen molar-refractivity contribution in [2.75, 3.05) is 19.8 Å². The third kappa shape index (κ3) is 3.02. The van der Waals surface area contributed by atoms with E-state index < -0.39 is 11.4 Å². The molecule has 0 spiro atoms. The van der Waals surface area contributed by atoms with E-state index in [4.69, 9.17) is 4.74 Å². The van der Waals surface area contributed by atoms with Crippen molar-refractivity contribution in [1.82, 2.24) is 5.32 Å². The molecule has 110 valence electrons. The number of thiophene rings is 1. The molecule has 0 radical (unpaired) electrons. The van der Waals surface area contributed by atoms with Gasteiger partial charge >= 0.3 is 5.97 Å². The molecule has 0 saturated carbocycles. The molecule has 2 N–H and O–H groups in total. The van der Waals surface area contributed by atoms with Gasteiger partial charge in [-0.3, -0.25) is 9.59 Å². The van der Waals surface area contributed by atoms with Gasteiger partial charge in [0.25, 0.3) is 5.91 Å². The van der Waals surface area contributed by atoms with Crippen LogP contribution in [0.4, 0.5) is 0 Å². The van der Waals surface area contributed by atoms with E-state index in [1.54, 1.807) is 0 Å². The van der Waals surface area contributed by atoms with Crippen LogP contribution >= 0.6 is 11.3 Å². The minimum atomic E-state index is -0.891. The Kier molecular flexibility index (Phi) is 4.77. The van der Waals surface area contributed by atoms with Gasteiger partial charge in [0.1, 0.15) is 0 Å². The summed E-state index contributed by atoms with van der Waals surface area (Å²) in [6, 6.07) is 1.93.